The van der Waals surface area contributed by atoms with Crippen LogP contribution in [0.4, 0.5) is 11.4 Å². The topological polar surface area (TPSA) is 23.5 Å². The molecule has 1 heterocycles. The van der Waals surface area contributed by atoms with Gasteiger partial charge in [0.2, 0.25) is 0 Å². The first-order valence-electron chi connectivity index (χ1n) is 7.30. The lowest BCUT2D eigenvalue weighted by molar-refractivity contribution is 0.199. The molecule has 2 nitrogen and oxygen atoms in total. The second-order valence-electron chi connectivity index (χ2n) is 5.65. The van der Waals surface area contributed by atoms with E-state index < -0.39 is 6.10 Å². The number of nitrogens with zero attached hydrogens (tertiary/aromatic N) is 1. The first-order valence-corrected chi connectivity index (χ1v) is 7.30. The lowest BCUT2D eigenvalue weighted by atomic mass is 9.98. The van der Waals surface area contributed by atoms with E-state index in [1.807, 2.05) is 12.1 Å². The summed E-state index contributed by atoms with van der Waals surface area (Å²) in [6.45, 7) is 5.01. The van der Waals surface area contributed by atoms with Gasteiger partial charge in [-0.3, -0.25) is 0 Å². The minimum absolute atomic E-state index is 0.402. The highest BCUT2D eigenvalue weighted by Gasteiger charge is 2.18. The molecule has 3 rings (SSSR count). The summed E-state index contributed by atoms with van der Waals surface area (Å²) in [6.07, 6.45) is 1.95. The Bertz CT molecular complexity index is 601. The van der Waals surface area contributed by atoms with Gasteiger partial charge in [-0.25, -0.2) is 0 Å². The van der Waals surface area contributed by atoms with E-state index in [0.717, 1.165) is 12.1 Å². The molecule has 1 N–H and O–H groups in total. The molecule has 2 aromatic rings. The molecule has 0 bridgehead atoms. The van der Waals surface area contributed by atoms with E-state index >= 15 is 0 Å². The number of aliphatic hydroxyl groups excluding tert-OH is 1. The maximum atomic E-state index is 9.60. The Labute approximate surface area is 120 Å². The van der Waals surface area contributed by atoms with Crippen molar-refractivity contribution in [2.75, 3.05) is 11.4 Å². The second kappa shape index (κ2) is 5.29. The average molecular weight is 267 g/mol. The van der Waals surface area contributed by atoms with Gasteiger partial charge in [0.15, 0.2) is 0 Å². The summed E-state index contributed by atoms with van der Waals surface area (Å²) in [5.74, 6) is 0. The largest absolute Gasteiger partial charge is 0.389 e. The summed E-state index contributed by atoms with van der Waals surface area (Å²) < 4.78 is 0. The van der Waals surface area contributed by atoms with Gasteiger partial charge >= 0.3 is 0 Å². The molecule has 0 spiro atoms. The van der Waals surface area contributed by atoms with E-state index in [4.69, 9.17) is 0 Å². The van der Waals surface area contributed by atoms with E-state index in [9.17, 15) is 5.11 Å². The van der Waals surface area contributed by atoms with Crippen LogP contribution in [-0.2, 0) is 6.42 Å². The van der Waals surface area contributed by atoms with Crippen LogP contribution in [0.15, 0.2) is 42.5 Å². The molecule has 0 radical (unpaired) electrons. The van der Waals surface area contributed by atoms with Crippen molar-refractivity contribution in [3.05, 3.63) is 59.2 Å². The average Bonchev–Trinajstić information content (AvgIpc) is 2.46. The number of fused-ring (bicyclic) bond motifs is 1. The Morgan fingerprint density at radius 1 is 1.10 bits per heavy atom. The fraction of sp³-hybridized carbons (Fsp3) is 0.333. The van der Waals surface area contributed by atoms with Crippen LogP contribution in [-0.4, -0.2) is 11.7 Å². The van der Waals surface area contributed by atoms with Crippen molar-refractivity contribution in [1.29, 1.82) is 0 Å². The van der Waals surface area contributed by atoms with Crippen molar-refractivity contribution < 1.29 is 5.11 Å². The molecule has 0 saturated heterocycles. The van der Waals surface area contributed by atoms with Gasteiger partial charge in [-0.05, 0) is 56.0 Å². The molecule has 104 valence electrons. The molecule has 20 heavy (non-hydrogen) atoms. The Hall–Kier alpha value is -1.80. The number of hydrogen-bond acceptors (Lipinski definition) is 2. The highest BCUT2D eigenvalue weighted by atomic mass is 16.3. The van der Waals surface area contributed by atoms with Crippen LogP contribution in [0.25, 0.3) is 0 Å². The molecule has 1 atom stereocenters. The molecule has 2 aromatic carbocycles. The van der Waals surface area contributed by atoms with Crippen LogP contribution < -0.4 is 4.90 Å². The molecular formula is C18H21NO. The van der Waals surface area contributed by atoms with Crippen LogP contribution in [0.2, 0.25) is 0 Å². The van der Waals surface area contributed by atoms with Crippen molar-refractivity contribution in [3.63, 3.8) is 0 Å². The Morgan fingerprint density at radius 3 is 2.55 bits per heavy atom. The molecule has 0 aromatic heterocycles. The molecular weight excluding hydrogens is 246 g/mol. The maximum Gasteiger partial charge on any atom is 0.0761 e. The number of hydrogen-bond donors (Lipinski definition) is 1. The van der Waals surface area contributed by atoms with Crippen LogP contribution in [0, 0.1) is 6.92 Å². The number of aliphatic hydroxyl groups is 1. The fourth-order valence-corrected chi connectivity index (χ4v) is 2.93. The van der Waals surface area contributed by atoms with E-state index in [1.54, 1.807) is 6.92 Å². The predicted molar refractivity (Wildman–Crippen MR) is 83.6 cm³/mol. The highest BCUT2D eigenvalue weighted by molar-refractivity contribution is 5.68. The molecule has 0 saturated carbocycles. The maximum absolute atomic E-state index is 9.60. The van der Waals surface area contributed by atoms with E-state index in [0.29, 0.717) is 0 Å². The van der Waals surface area contributed by atoms with Gasteiger partial charge in [0, 0.05) is 17.9 Å². The molecule has 1 aliphatic rings. The summed E-state index contributed by atoms with van der Waals surface area (Å²) in [7, 11) is 0. The first-order chi connectivity index (χ1) is 9.65. The van der Waals surface area contributed by atoms with Crippen molar-refractivity contribution in [2.45, 2.75) is 32.8 Å². The van der Waals surface area contributed by atoms with Crippen molar-refractivity contribution in [3.8, 4) is 0 Å². The van der Waals surface area contributed by atoms with E-state index in [-0.39, 0.29) is 0 Å². The van der Waals surface area contributed by atoms with Crippen molar-refractivity contribution >= 4 is 11.4 Å². The van der Waals surface area contributed by atoms with Gasteiger partial charge in [-0.2, -0.15) is 0 Å². The van der Waals surface area contributed by atoms with E-state index in [2.05, 4.69) is 42.2 Å². The van der Waals surface area contributed by atoms with E-state index in [1.165, 1.54) is 35.3 Å². The summed E-state index contributed by atoms with van der Waals surface area (Å²) in [4.78, 5) is 2.38. The Kier molecular flexibility index (Phi) is 3.49. The Morgan fingerprint density at radius 2 is 1.85 bits per heavy atom. The van der Waals surface area contributed by atoms with Crippen molar-refractivity contribution in [1.82, 2.24) is 0 Å². The monoisotopic (exact) mass is 267 g/mol. The number of benzene rings is 2. The summed E-state index contributed by atoms with van der Waals surface area (Å²) in [6, 6.07) is 15.0. The van der Waals surface area contributed by atoms with Crippen molar-refractivity contribution in [2.24, 2.45) is 0 Å². The quantitative estimate of drug-likeness (QED) is 0.884. The summed E-state index contributed by atoms with van der Waals surface area (Å²) >= 11 is 0. The number of aryl methyl sites for hydroxylation is 2. The Balaban J connectivity index is 1.96. The van der Waals surface area contributed by atoms with Crippen LogP contribution in [0.5, 0.6) is 0 Å². The summed E-state index contributed by atoms with van der Waals surface area (Å²) in [5, 5.41) is 9.60. The van der Waals surface area contributed by atoms with Crippen LogP contribution in [0.3, 0.4) is 0 Å². The molecule has 2 heteroatoms. The molecule has 1 aliphatic heterocycles. The minimum atomic E-state index is -0.402. The third-order valence-corrected chi connectivity index (χ3v) is 4.04. The molecule has 0 amide bonds. The minimum Gasteiger partial charge on any atom is -0.389 e. The lowest BCUT2D eigenvalue weighted by Crippen LogP contribution is -2.24. The zero-order valence-electron chi connectivity index (χ0n) is 12.1. The third-order valence-electron chi connectivity index (χ3n) is 4.04. The van der Waals surface area contributed by atoms with Gasteiger partial charge in [0.25, 0.3) is 0 Å². The normalized spacial score (nSPS) is 15.8. The zero-order valence-corrected chi connectivity index (χ0v) is 12.1. The number of rotatable bonds is 2. The lowest BCUT2D eigenvalue weighted by Gasteiger charge is -2.31. The van der Waals surface area contributed by atoms with Crippen LogP contribution >= 0.6 is 0 Å². The standard InChI is InChI=1S/C18H21NO/c1-13-5-10-18-16(12-13)4-3-11-19(18)17-8-6-15(7-9-17)14(2)20/h5-10,12,14,20H,3-4,11H2,1-2H3/t14-/m0/s1. The first kappa shape index (κ1) is 13.2. The molecule has 0 aliphatic carbocycles. The second-order valence-corrected chi connectivity index (χ2v) is 5.65. The van der Waals surface area contributed by atoms with Gasteiger partial charge in [-0.1, -0.05) is 29.8 Å². The molecule has 0 unspecified atom stereocenters. The zero-order chi connectivity index (χ0) is 14.1. The highest BCUT2D eigenvalue weighted by Crippen LogP contribution is 2.34. The third kappa shape index (κ3) is 2.44. The predicted octanol–water partition coefficient (Wildman–Crippen LogP) is 4.13. The fourth-order valence-electron chi connectivity index (χ4n) is 2.93. The molecule has 0 fully saturated rings. The summed E-state index contributed by atoms with van der Waals surface area (Å²) in [5.41, 5.74) is 6.27. The van der Waals surface area contributed by atoms with Gasteiger partial charge in [0.1, 0.15) is 0 Å². The smallest absolute Gasteiger partial charge is 0.0761 e. The number of anilines is 2. The van der Waals surface area contributed by atoms with Gasteiger partial charge < -0.3 is 10.0 Å². The SMILES string of the molecule is Cc1ccc2c(c1)CCCN2c1ccc([C@H](C)O)cc1. The van der Waals surface area contributed by atoms with Gasteiger partial charge in [0.05, 0.1) is 6.10 Å². The van der Waals surface area contributed by atoms with Crippen LogP contribution in [0.1, 0.15) is 36.1 Å². The van der Waals surface area contributed by atoms with Gasteiger partial charge in [-0.15, -0.1) is 0 Å².